The summed E-state index contributed by atoms with van der Waals surface area (Å²) in [5.74, 6) is 5.31. The molecule has 1 aromatic rings. The van der Waals surface area contributed by atoms with Crippen molar-refractivity contribution < 1.29 is 27.4 Å². The number of halogens is 3. The second-order valence-corrected chi connectivity index (χ2v) is 7.10. The van der Waals surface area contributed by atoms with Gasteiger partial charge in [0.1, 0.15) is 18.0 Å². The summed E-state index contributed by atoms with van der Waals surface area (Å²) in [7, 11) is 3.18. The Morgan fingerprint density at radius 1 is 1.11 bits per heavy atom. The average Bonchev–Trinajstić information content (AvgIpc) is 2.64. The molecule has 1 aliphatic heterocycles. The first-order valence-corrected chi connectivity index (χ1v) is 9.39. The predicted octanol–water partition coefficient (Wildman–Crippen LogP) is 3.26. The third-order valence-electron chi connectivity index (χ3n) is 5.11. The average molecular weight is 398 g/mol. The molecule has 1 aromatic heterocycles. The van der Waals surface area contributed by atoms with Crippen LogP contribution in [0, 0.1) is 11.8 Å². The third kappa shape index (κ3) is 5.37. The van der Waals surface area contributed by atoms with Gasteiger partial charge in [0, 0.05) is 33.0 Å². The lowest BCUT2D eigenvalue weighted by Gasteiger charge is -2.40. The Morgan fingerprint density at radius 2 is 1.82 bits per heavy atom. The molecular formula is C20H25F3N2O3. The van der Waals surface area contributed by atoms with Crippen LogP contribution in [0.25, 0.3) is 0 Å². The van der Waals surface area contributed by atoms with E-state index in [1.807, 2.05) is 4.90 Å². The molecule has 0 amide bonds. The summed E-state index contributed by atoms with van der Waals surface area (Å²) in [5, 5.41) is 0. The molecule has 154 valence electrons. The molecule has 0 atom stereocenters. The molecule has 1 saturated heterocycles. The first-order valence-electron chi connectivity index (χ1n) is 9.39. The number of hydrogen-bond donors (Lipinski definition) is 0. The molecule has 0 N–H and O–H groups in total. The second-order valence-electron chi connectivity index (χ2n) is 7.10. The summed E-state index contributed by atoms with van der Waals surface area (Å²) in [6, 6.07) is 2.70. The normalized spacial score (nSPS) is 23.1. The zero-order chi connectivity index (χ0) is 20.1. The molecule has 3 rings (SSSR count). The van der Waals surface area contributed by atoms with Crippen LogP contribution in [0.5, 0.6) is 0 Å². The maximum absolute atomic E-state index is 13.2. The number of piperidine rings is 1. The van der Waals surface area contributed by atoms with E-state index >= 15 is 0 Å². The standard InChI is InChI=1S/C20H25F3N2O3/c1-26-9-3-4-14-10-15(11-19(24-14)20(21,22)23)25-7-5-16(6-8-25)28-18-12-17(13-18)27-2/h10-11,16-18H,5-9,12-13H2,1-2H3. The molecule has 1 saturated carbocycles. The molecule has 0 unspecified atom stereocenters. The molecule has 1 aliphatic carbocycles. The molecule has 28 heavy (non-hydrogen) atoms. The van der Waals surface area contributed by atoms with Crippen molar-refractivity contribution in [3.8, 4) is 11.8 Å². The fraction of sp³-hybridized carbons (Fsp3) is 0.650. The number of rotatable bonds is 5. The van der Waals surface area contributed by atoms with Gasteiger partial charge in [-0.1, -0.05) is 5.92 Å². The second kappa shape index (κ2) is 9.12. The molecule has 8 heteroatoms. The van der Waals surface area contributed by atoms with Gasteiger partial charge in [-0.25, -0.2) is 4.98 Å². The monoisotopic (exact) mass is 398 g/mol. The van der Waals surface area contributed by atoms with Crippen molar-refractivity contribution in [2.24, 2.45) is 0 Å². The quantitative estimate of drug-likeness (QED) is 0.713. The van der Waals surface area contributed by atoms with Gasteiger partial charge < -0.3 is 19.1 Å². The van der Waals surface area contributed by atoms with Crippen LogP contribution in [0.15, 0.2) is 12.1 Å². The van der Waals surface area contributed by atoms with E-state index in [2.05, 4.69) is 16.8 Å². The van der Waals surface area contributed by atoms with Gasteiger partial charge in [-0.15, -0.1) is 0 Å². The largest absolute Gasteiger partial charge is 0.433 e. The van der Waals surface area contributed by atoms with Gasteiger partial charge in [-0.05, 0) is 43.7 Å². The summed E-state index contributed by atoms with van der Waals surface area (Å²) in [4.78, 5) is 5.58. The summed E-state index contributed by atoms with van der Waals surface area (Å²) >= 11 is 0. The topological polar surface area (TPSA) is 43.8 Å². The molecule has 0 spiro atoms. The number of methoxy groups -OCH3 is 2. The lowest BCUT2D eigenvalue weighted by Crippen LogP contribution is -2.43. The van der Waals surface area contributed by atoms with Gasteiger partial charge >= 0.3 is 6.18 Å². The number of ether oxygens (including phenoxy) is 3. The summed E-state index contributed by atoms with van der Waals surface area (Å²) in [6.45, 7) is 1.41. The fourth-order valence-corrected chi connectivity index (χ4v) is 3.45. The zero-order valence-electron chi connectivity index (χ0n) is 16.1. The smallest absolute Gasteiger partial charge is 0.381 e. The van der Waals surface area contributed by atoms with E-state index in [-0.39, 0.29) is 24.5 Å². The highest BCUT2D eigenvalue weighted by atomic mass is 19.4. The van der Waals surface area contributed by atoms with E-state index in [0.29, 0.717) is 24.9 Å². The molecule has 0 radical (unpaired) electrons. The minimum absolute atomic E-state index is 0.0975. The van der Waals surface area contributed by atoms with Gasteiger partial charge in [-0.2, -0.15) is 13.2 Å². The van der Waals surface area contributed by atoms with Crippen molar-refractivity contribution in [2.45, 2.75) is 50.2 Å². The van der Waals surface area contributed by atoms with Crippen molar-refractivity contribution >= 4 is 5.69 Å². The van der Waals surface area contributed by atoms with Gasteiger partial charge in [-0.3, -0.25) is 0 Å². The Kier molecular flexibility index (Phi) is 6.81. The van der Waals surface area contributed by atoms with Gasteiger partial charge in [0.15, 0.2) is 0 Å². The first-order chi connectivity index (χ1) is 13.4. The number of alkyl halides is 3. The van der Waals surface area contributed by atoms with E-state index in [0.717, 1.165) is 31.7 Å². The number of anilines is 1. The van der Waals surface area contributed by atoms with Crippen LogP contribution in [0.2, 0.25) is 0 Å². The van der Waals surface area contributed by atoms with E-state index in [4.69, 9.17) is 14.2 Å². The molecule has 2 fully saturated rings. The Labute approximate surface area is 163 Å². The van der Waals surface area contributed by atoms with Crippen LogP contribution in [0.4, 0.5) is 18.9 Å². The molecule has 5 nitrogen and oxygen atoms in total. The van der Waals surface area contributed by atoms with Crippen molar-refractivity contribution in [3.63, 3.8) is 0 Å². The number of nitrogens with zero attached hydrogens (tertiary/aromatic N) is 2. The summed E-state index contributed by atoms with van der Waals surface area (Å²) in [5.41, 5.74) is -0.337. The molecule has 2 heterocycles. The van der Waals surface area contributed by atoms with E-state index in [9.17, 15) is 13.2 Å². The number of pyridine rings is 1. The molecule has 0 bridgehead atoms. The van der Waals surface area contributed by atoms with Crippen LogP contribution in [-0.2, 0) is 20.4 Å². The third-order valence-corrected chi connectivity index (χ3v) is 5.11. The number of hydrogen-bond acceptors (Lipinski definition) is 5. The highest BCUT2D eigenvalue weighted by molar-refractivity contribution is 5.52. The van der Waals surface area contributed by atoms with Crippen molar-refractivity contribution in [2.75, 3.05) is 38.8 Å². The summed E-state index contributed by atoms with van der Waals surface area (Å²) < 4.78 is 55.9. The maximum atomic E-state index is 13.2. The number of aromatic nitrogens is 1. The Morgan fingerprint density at radius 3 is 2.43 bits per heavy atom. The van der Waals surface area contributed by atoms with Gasteiger partial charge in [0.2, 0.25) is 0 Å². The van der Waals surface area contributed by atoms with Crippen LogP contribution >= 0.6 is 0 Å². The van der Waals surface area contributed by atoms with Crippen molar-refractivity contribution in [1.82, 2.24) is 4.98 Å². The van der Waals surface area contributed by atoms with Crippen molar-refractivity contribution in [3.05, 3.63) is 23.5 Å². The Hall–Kier alpha value is -1.82. The lowest BCUT2D eigenvalue weighted by molar-refractivity contribution is -0.141. The maximum Gasteiger partial charge on any atom is 0.433 e. The predicted molar refractivity (Wildman–Crippen MR) is 98.1 cm³/mol. The first kappa shape index (κ1) is 20.9. The highest BCUT2D eigenvalue weighted by Crippen LogP contribution is 2.33. The van der Waals surface area contributed by atoms with Gasteiger partial charge in [0.05, 0.1) is 18.3 Å². The Bertz CT molecular complexity index is 716. The minimum Gasteiger partial charge on any atom is -0.381 e. The summed E-state index contributed by atoms with van der Waals surface area (Å²) in [6.07, 6.45) is -0.451. The lowest BCUT2D eigenvalue weighted by atomic mass is 9.91. The van der Waals surface area contributed by atoms with Crippen LogP contribution in [0.3, 0.4) is 0 Å². The van der Waals surface area contributed by atoms with E-state index in [1.54, 1.807) is 13.2 Å². The molecule has 2 aliphatic rings. The van der Waals surface area contributed by atoms with Crippen LogP contribution in [0.1, 0.15) is 37.1 Å². The molecular weight excluding hydrogens is 373 g/mol. The molecule has 0 aromatic carbocycles. The van der Waals surface area contributed by atoms with Crippen molar-refractivity contribution in [1.29, 1.82) is 0 Å². The Balaban J connectivity index is 1.64. The highest BCUT2D eigenvalue weighted by Gasteiger charge is 2.35. The van der Waals surface area contributed by atoms with Crippen LogP contribution in [-0.4, -0.2) is 57.2 Å². The van der Waals surface area contributed by atoms with E-state index in [1.165, 1.54) is 7.11 Å². The fourth-order valence-electron chi connectivity index (χ4n) is 3.45. The SMILES string of the molecule is COCC#Cc1cc(N2CCC(OC3CC(OC)C3)CC2)cc(C(F)(F)F)n1. The minimum atomic E-state index is -4.52. The van der Waals surface area contributed by atoms with Gasteiger partial charge in [0.25, 0.3) is 0 Å². The zero-order valence-corrected chi connectivity index (χ0v) is 16.1. The van der Waals surface area contributed by atoms with Crippen LogP contribution < -0.4 is 4.90 Å². The van der Waals surface area contributed by atoms with E-state index < -0.39 is 11.9 Å².